The SMILES string of the molecule is Cc1cc2nncn2cc1C(C)C. The van der Waals surface area contributed by atoms with Gasteiger partial charge in [-0.3, -0.25) is 4.40 Å². The van der Waals surface area contributed by atoms with Crippen LogP contribution in [0.5, 0.6) is 0 Å². The van der Waals surface area contributed by atoms with Crippen LogP contribution < -0.4 is 0 Å². The molecule has 0 saturated heterocycles. The molecule has 0 atom stereocenters. The summed E-state index contributed by atoms with van der Waals surface area (Å²) in [6.45, 7) is 6.50. The second-order valence-corrected chi connectivity index (χ2v) is 3.66. The lowest BCUT2D eigenvalue weighted by Gasteiger charge is -2.09. The Balaban J connectivity index is 2.69. The molecule has 0 unspecified atom stereocenters. The quantitative estimate of drug-likeness (QED) is 0.664. The van der Waals surface area contributed by atoms with Crippen LogP contribution in [-0.4, -0.2) is 14.6 Å². The van der Waals surface area contributed by atoms with Crippen LogP contribution in [0.1, 0.15) is 30.9 Å². The van der Waals surface area contributed by atoms with E-state index in [-0.39, 0.29) is 0 Å². The highest BCUT2D eigenvalue weighted by Crippen LogP contribution is 2.19. The zero-order valence-electron chi connectivity index (χ0n) is 8.15. The lowest BCUT2D eigenvalue weighted by molar-refractivity contribution is 0.843. The summed E-state index contributed by atoms with van der Waals surface area (Å²) < 4.78 is 1.96. The van der Waals surface area contributed by atoms with Crippen LogP contribution in [0.25, 0.3) is 5.65 Å². The van der Waals surface area contributed by atoms with Gasteiger partial charge in [-0.1, -0.05) is 13.8 Å². The van der Waals surface area contributed by atoms with Crippen LogP contribution in [0.4, 0.5) is 0 Å². The molecule has 0 aromatic carbocycles. The molecule has 0 N–H and O–H groups in total. The predicted octanol–water partition coefficient (Wildman–Crippen LogP) is 2.16. The molecule has 2 aromatic heterocycles. The lowest BCUT2D eigenvalue weighted by Crippen LogP contribution is -1.95. The average Bonchev–Trinajstić information content (AvgIpc) is 2.48. The van der Waals surface area contributed by atoms with E-state index in [0.717, 1.165) is 5.65 Å². The summed E-state index contributed by atoms with van der Waals surface area (Å²) >= 11 is 0. The predicted molar refractivity (Wildman–Crippen MR) is 51.8 cm³/mol. The number of aryl methyl sites for hydroxylation is 1. The molecule has 0 radical (unpaired) electrons. The normalized spacial score (nSPS) is 11.4. The molecule has 0 bridgehead atoms. The summed E-state index contributed by atoms with van der Waals surface area (Å²) in [5, 5.41) is 7.85. The van der Waals surface area contributed by atoms with Gasteiger partial charge in [-0.25, -0.2) is 0 Å². The van der Waals surface area contributed by atoms with E-state index in [2.05, 4.69) is 43.2 Å². The largest absolute Gasteiger partial charge is 0.289 e. The number of hydrogen-bond donors (Lipinski definition) is 0. The summed E-state index contributed by atoms with van der Waals surface area (Å²) in [5.74, 6) is 0.548. The minimum Gasteiger partial charge on any atom is -0.289 e. The van der Waals surface area contributed by atoms with Crippen molar-refractivity contribution in [3.8, 4) is 0 Å². The molecule has 2 heterocycles. The second kappa shape index (κ2) is 2.83. The van der Waals surface area contributed by atoms with Gasteiger partial charge in [-0.15, -0.1) is 10.2 Å². The minimum atomic E-state index is 0.548. The van der Waals surface area contributed by atoms with Crippen LogP contribution in [0.15, 0.2) is 18.6 Å². The standard InChI is InChI=1S/C10H13N3/c1-7(2)9-5-13-6-11-12-10(13)4-8(9)3/h4-7H,1-3H3. The van der Waals surface area contributed by atoms with Gasteiger partial charge in [0, 0.05) is 6.20 Å². The molecule has 2 rings (SSSR count). The monoisotopic (exact) mass is 175 g/mol. The van der Waals surface area contributed by atoms with Crippen molar-refractivity contribution >= 4 is 5.65 Å². The van der Waals surface area contributed by atoms with Gasteiger partial charge in [-0.05, 0) is 30.0 Å². The van der Waals surface area contributed by atoms with Crippen molar-refractivity contribution in [1.29, 1.82) is 0 Å². The number of nitrogens with zero attached hydrogens (tertiary/aromatic N) is 3. The first kappa shape index (κ1) is 8.23. The number of hydrogen-bond acceptors (Lipinski definition) is 2. The highest BCUT2D eigenvalue weighted by Gasteiger charge is 2.05. The molecule has 3 heteroatoms. The zero-order chi connectivity index (χ0) is 9.42. The maximum atomic E-state index is 3.99. The lowest BCUT2D eigenvalue weighted by atomic mass is 10.0. The van der Waals surface area contributed by atoms with E-state index >= 15 is 0 Å². The summed E-state index contributed by atoms with van der Waals surface area (Å²) in [6.07, 6.45) is 3.84. The number of fused-ring (bicyclic) bond motifs is 1. The zero-order valence-corrected chi connectivity index (χ0v) is 8.15. The topological polar surface area (TPSA) is 30.2 Å². The van der Waals surface area contributed by atoms with Gasteiger partial charge in [0.25, 0.3) is 0 Å². The van der Waals surface area contributed by atoms with Crippen molar-refractivity contribution in [3.63, 3.8) is 0 Å². The van der Waals surface area contributed by atoms with E-state index < -0.39 is 0 Å². The number of aromatic nitrogens is 3. The smallest absolute Gasteiger partial charge is 0.160 e. The maximum Gasteiger partial charge on any atom is 0.160 e. The van der Waals surface area contributed by atoms with Crippen LogP contribution >= 0.6 is 0 Å². The third kappa shape index (κ3) is 1.30. The fourth-order valence-electron chi connectivity index (χ4n) is 1.59. The summed E-state index contributed by atoms with van der Waals surface area (Å²) in [5.41, 5.74) is 3.56. The van der Waals surface area contributed by atoms with Crippen molar-refractivity contribution < 1.29 is 0 Å². The molecule has 0 aliphatic rings. The van der Waals surface area contributed by atoms with Crippen molar-refractivity contribution in [2.75, 3.05) is 0 Å². The molecule has 0 saturated carbocycles. The molecule has 0 aliphatic heterocycles. The van der Waals surface area contributed by atoms with Crippen LogP contribution in [-0.2, 0) is 0 Å². The Morgan fingerprint density at radius 3 is 2.85 bits per heavy atom. The first-order valence-corrected chi connectivity index (χ1v) is 4.48. The van der Waals surface area contributed by atoms with Gasteiger partial charge in [0.05, 0.1) is 0 Å². The molecule has 68 valence electrons. The van der Waals surface area contributed by atoms with Crippen molar-refractivity contribution in [3.05, 3.63) is 29.7 Å². The van der Waals surface area contributed by atoms with Gasteiger partial charge in [0.15, 0.2) is 5.65 Å². The Labute approximate surface area is 77.4 Å². The molecule has 0 amide bonds. The Morgan fingerprint density at radius 2 is 2.15 bits per heavy atom. The van der Waals surface area contributed by atoms with E-state index in [4.69, 9.17) is 0 Å². The van der Waals surface area contributed by atoms with Crippen LogP contribution in [0.2, 0.25) is 0 Å². The molecule has 13 heavy (non-hydrogen) atoms. The van der Waals surface area contributed by atoms with E-state index in [1.807, 2.05) is 4.40 Å². The average molecular weight is 175 g/mol. The maximum absolute atomic E-state index is 3.99. The third-order valence-electron chi connectivity index (χ3n) is 2.30. The Kier molecular flexibility index (Phi) is 1.79. The summed E-state index contributed by atoms with van der Waals surface area (Å²) in [4.78, 5) is 0. The number of pyridine rings is 1. The molecular formula is C10H13N3. The highest BCUT2D eigenvalue weighted by atomic mass is 15.2. The molecular weight excluding hydrogens is 162 g/mol. The molecule has 0 fully saturated rings. The minimum absolute atomic E-state index is 0.548. The van der Waals surface area contributed by atoms with E-state index in [0.29, 0.717) is 5.92 Å². The van der Waals surface area contributed by atoms with Gasteiger partial charge in [-0.2, -0.15) is 0 Å². The first-order valence-electron chi connectivity index (χ1n) is 4.48. The van der Waals surface area contributed by atoms with E-state index in [1.165, 1.54) is 11.1 Å². The third-order valence-corrected chi connectivity index (χ3v) is 2.30. The van der Waals surface area contributed by atoms with Gasteiger partial charge in [0.1, 0.15) is 6.33 Å². The van der Waals surface area contributed by atoms with E-state index in [9.17, 15) is 0 Å². The van der Waals surface area contributed by atoms with Crippen molar-refractivity contribution in [1.82, 2.24) is 14.6 Å². The molecule has 0 aliphatic carbocycles. The molecule has 2 aromatic rings. The van der Waals surface area contributed by atoms with Crippen molar-refractivity contribution in [2.24, 2.45) is 0 Å². The Morgan fingerprint density at radius 1 is 1.38 bits per heavy atom. The number of rotatable bonds is 1. The van der Waals surface area contributed by atoms with Gasteiger partial charge >= 0.3 is 0 Å². The Bertz CT molecular complexity index is 429. The fraction of sp³-hybridized carbons (Fsp3) is 0.400. The Hall–Kier alpha value is -1.38. The molecule has 3 nitrogen and oxygen atoms in total. The first-order chi connectivity index (χ1) is 6.18. The van der Waals surface area contributed by atoms with Crippen LogP contribution in [0.3, 0.4) is 0 Å². The highest BCUT2D eigenvalue weighted by molar-refractivity contribution is 5.43. The van der Waals surface area contributed by atoms with Gasteiger partial charge in [0.2, 0.25) is 0 Å². The van der Waals surface area contributed by atoms with Crippen molar-refractivity contribution in [2.45, 2.75) is 26.7 Å². The van der Waals surface area contributed by atoms with E-state index in [1.54, 1.807) is 6.33 Å². The van der Waals surface area contributed by atoms with Crippen LogP contribution in [0, 0.1) is 6.92 Å². The second-order valence-electron chi connectivity index (χ2n) is 3.66. The summed E-state index contributed by atoms with van der Waals surface area (Å²) in [6, 6.07) is 2.07. The fourth-order valence-corrected chi connectivity index (χ4v) is 1.59. The molecule has 0 spiro atoms. The summed E-state index contributed by atoms with van der Waals surface area (Å²) in [7, 11) is 0. The van der Waals surface area contributed by atoms with Gasteiger partial charge < -0.3 is 0 Å².